The molecule has 1 aliphatic rings. The van der Waals surface area contributed by atoms with Crippen molar-refractivity contribution in [2.24, 2.45) is 0 Å². The first kappa shape index (κ1) is 11.2. The van der Waals surface area contributed by atoms with Gasteiger partial charge < -0.3 is 5.32 Å². The van der Waals surface area contributed by atoms with Gasteiger partial charge in [-0.15, -0.1) is 0 Å². The lowest BCUT2D eigenvalue weighted by molar-refractivity contribution is 0.0926. The molecule has 4 heteroatoms. The molecular formula is C12H13F2NO. The molecule has 1 saturated heterocycles. The Balaban J connectivity index is 2.16. The summed E-state index contributed by atoms with van der Waals surface area (Å²) in [7, 11) is 0. The maximum Gasteiger partial charge on any atom is 0.179 e. The molecule has 2 rings (SSSR count). The molecule has 1 N–H and O–H groups in total. The normalized spacial score (nSPS) is 20.8. The first-order valence-electron chi connectivity index (χ1n) is 5.41. The van der Waals surface area contributed by atoms with E-state index in [0.717, 1.165) is 37.9 Å². The molecule has 0 saturated carbocycles. The molecule has 1 fully saturated rings. The number of hydrogen-bond acceptors (Lipinski definition) is 2. The standard InChI is InChI=1S/C12H13F2NO/c13-9-5-4-8(7-10(9)14)12(16)11-3-1-2-6-15-11/h4-5,7,11,15H,1-3,6H2. The summed E-state index contributed by atoms with van der Waals surface area (Å²) >= 11 is 0. The maximum absolute atomic E-state index is 13.0. The van der Waals surface area contributed by atoms with Crippen molar-refractivity contribution >= 4 is 5.78 Å². The molecule has 0 bridgehead atoms. The van der Waals surface area contributed by atoms with Gasteiger partial charge in [0, 0.05) is 5.56 Å². The Morgan fingerprint density at radius 1 is 1.25 bits per heavy atom. The van der Waals surface area contributed by atoms with E-state index < -0.39 is 11.6 Å². The van der Waals surface area contributed by atoms with Crippen LogP contribution in [0.25, 0.3) is 0 Å². The summed E-state index contributed by atoms with van der Waals surface area (Å²) < 4.78 is 25.7. The van der Waals surface area contributed by atoms with Crippen molar-refractivity contribution in [2.45, 2.75) is 25.3 Å². The van der Waals surface area contributed by atoms with Gasteiger partial charge in [0.25, 0.3) is 0 Å². The van der Waals surface area contributed by atoms with Crippen molar-refractivity contribution in [1.29, 1.82) is 0 Å². The number of halogens is 2. The fourth-order valence-corrected chi connectivity index (χ4v) is 1.93. The highest BCUT2D eigenvalue weighted by atomic mass is 19.2. The monoisotopic (exact) mass is 225 g/mol. The van der Waals surface area contributed by atoms with Gasteiger partial charge in [0.15, 0.2) is 17.4 Å². The second-order valence-corrected chi connectivity index (χ2v) is 4.00. The molecule has 1 unspecified atom stereocenters. The Bertz CT molecular complexity index is 400. The van der Waals surface area contributed by atoms with Gasteiger partial charge >= 0.3 is 0 Å². The summed E-state index contributed by atoms with van der Waals surface area (Å²) in [4.78, 5) is 11.9. The third-order valence-corrected chi connectivity index (χ3v) is 2.83. The van der Waals surface area contributed by atoms with Crippen LogP contribution in [0, 0.1) is 11.6 Å². The zero-order chi connectivity index (χ0) is 11.5. The van der Waals surface area contributed by atoms with Gasteiger partial charge in [-0.25, -0.2) is 8.78 Å². The Morgan fingerprint density at radius 2 is 2.06 bits per heavy atom. The molecule has 1 aromatic rings. The first-order chi connectivity index (χ1) is 7.68. The summed E-state index contributed by atoms with van der Waals surface area (Å²) in [5.41, 5.74) is 0.235. The Labute approximate surface area is 92.7 Å². The maximum atomic E-state index is 13.0. The Morgan fingerprint density at radius 3 is 2.69 bits per heavy atom. The van der Waals surface area contributed by atoms with Crippen molar-refractivity contribution in [3.05, 3.63) is 35.4 Å². The van der Waals surface area contributed by atoms with Crippen LogP contribution in [0.5, 0.6) is 0 Å². The van der Waals surface area contributed by atoms with Crippen molar-refractivity contribution < 1.29 is 13.6 Å². The lowest BCUT2D eigenvalue weighted by atomic mass is 9.96. The molecular weight excluding hydrogens is 212 g/mol. The van der Waals surface area contributed by atoms with Crippen LogP contribution in [-0.4, -0.2) is 18.4 Å². The van der Waals surface area contributed by atoms with Crippen molar-refractivity contribution in [1.82, 2.24) is 5.32 Å². The van der Waals surface area contributed by atoms with Crippen LogP contribution in [0.15, 0.2) is 18.2 Å². The lowest BCUT2D eigenvalue weighted by Gasteiger charge is -2.22. The van der Waals surface area contributed by atoms with Crippen molar-refractivity contribution in [2.75, 3.05) is 6.54 Å². The number of rotatable bonds is 2. The zero-order valence-electron chi connectivity index (χ0n) is 8.80. The van der Waals surface area contributed by atoms with Crippen LogP contribution < -0.4 is 5.32 Å². The third-order valence-electron chi connectivity index (χ3n) is 2.83. The van der Waals surface area contributed by atoms with E-state index in [2.05, 4.69) is 5.32 Å². The van der Waals surface area contributed by atoms with Gasteiger partial charge in [-0.3, -0.25) is 4.79 Å². The molecule has 1 atom stereocenters. The lowest BCUT2D eigenvalue weighted by Crippen LogP contribution is -2.40. The number of carbonyl (C=O) groups is 1. The number of carbonyl (C=O) groups excluding carboxylic acids is 1. The molecule has 86 valence electrons. The van der Waals surface area contributed by atoms with Crippen LogP contribution in [-0.2, 0) is 0 Å². The average molecular weight is 225 g/mol. The second-order valence-electron chi connectivity index (χ2n) is 4.00. The van der Waals surface area contributed by atoms with E-state index in [1.807, 2.05) is 0 Å². The van der Waals surface area contributed by atoms with E-state index in [-0.39, 0.29) is 17.4 Å². The van der Waals surface area contributed by atoms with Gasteiger partial charge in [-0.1, -0.05) is 6.42 Å². The highest BCUT2D eigenvalue weighted by molar-refractivity contribution is 6.00. The summed E-state index contributed by atoms with van der Waals surface area (Å²) in [5.74, 6) is -2.05. The van der Waals surface area contributed by atoms with Gasteiger partial charge in [0.1, 0.15) is 0 Å². The summed E-state index contributed by atoms with van der Waals surface area (Å²) in [5, 5.41) is 3.09. The minimum absolute atomic E-state index is 0.154. The molecule has 16 heavy (non-hydrogen) atoms. The molecule has 0 aromatic heterocycles. The fraction of sp³-hybridized carbons (Fsp3) is 0.417. The molecule has 1 heterocycles. The quantitative estimate of drug-likeness (QED) is 0.782. The number of ketones is 1. The summed E-state index contributed by atoms with van der Waals surface area (Å²) in [6.07, 6.45) is 2.81. The number of benzene rings is 1. The van der Waals surface area contributed by atoms with E-state index in [4.69, 9.17) is 0 Å². The predicted molar refractivity (Wildman–Crippen MR) is 56.3 cm³/mol. The molecule has 1 aliphatic heterocycles. The second kappa shape index (κ2) is 4.70. The molecule has 1 aromatic carbocycles. The molecule has 0 aliphatic carbocycles. The number of piperidine rings is 1. The minimum atomic E-state index is -0.971. The van der Waals surface area contributed by atoms with E-state index in [9.17, 15) is 13.6 Å². The molecule has 0 radical (unpaired) electrons. The smallest absolute Gasteiger partial charge is 0.179 e. The third kappa shape index (κ3) is 2.27. The van der Waals surface area contributed by atoms with Gasteiger partial charge in [-0.05, 0) is 37.6 Å². The fourth-order valence-electron chi connectivity index (χ4n) is 1.93. The highest BCUT2D eigenvalue weighted by Crippen LogP contribution is 2.15. The van der Waals surface area contributed by atoms with Crippen molar-refractivity contribution in [3.8, 4) is 0 Å². The van der Waals surface area contributed by atoms with Crippen LogP contribution in [0.2, 0.25) is 0 Å². The van der Waals surface area contributed by atoms with Crippen LogP contribution in [0.3, 0.4) is 0 Å². The van der Waals surface area contributed by atoms with Crippen molar-refractivity contribution in [3.63, 3.8) is 0 Å². The van der Waals surface area contributed by atoms with E-state index in [1.54, 1.807) is 0 Å². The predicted octanol–water partition coefficient (Wildman–Crippen LogP) is 2.29. The van der Waals surface area contributed by atoms with E-state index in [0.29, 0.717) is 0 Å². The number of hydrogen-bond donors (Lipinski definition) is 1. The van der Waals surface area contributed by atoms with Crippen LogP contribution in [0.1, 0.15) is 29.6 Å². The Kier molecular flexibility index (Phi) is 3.29. The topological polar surface area (TPSA) is 29.1 Å². The largest absolute Gasteiger partial charge is 0.307 e. The van der Waals surface area contributed by atoms with Gasteiger partial charge in [0.05, 0.1) is 6.04 Å². The summed E-state index contributed by atoms with van der Waals surface area (Å²) in [6.45, 7) is 0.806. The summed E-state index contributed by atoms with van der Waals surface area (Å²) in [6, 6.07) is 3.04. The van der Waals surface area contributed by atoms with E-state index in [1.165, 1.54) is 6.07 Å². The van der Waals surface area contributed by atoms with Crippen LogP contribution >= 0.6 is 0 Å². The number of nitrogens with one attached hydrogen (secondary N) is 1. The zero-order valence-corrected chi connectivity index (χ0v) is 8.80. The van der Waals surface area contributed by atoms with Gasteiger partial charge in [0.2, 0.25) is 0 Å². The molecule has 0 spiro atoms. The van der Waals surface area contributed by atoms with Crippen LogP contribution in [0.4, 0.5) is 8.78 Å². The number of Topliss-reactive ketones (excluding diaryl/α,β-unsaturated/α-hetero) is 1. The first-order valence-corrected chi connectivity index (χ1v) is 5.41. The average Bonchev–Trinajstić information content (AvgIpc) is 2.33. The molecule has 2 nitrogen and oxygen atoms in total. The van der Waals surface area contributed by atoms with E-state index >= 15 is 0 Å². The Hall–Kier alpha value is -1.29. The van der Waals surface area contributed by atoms with Gasteiger partial charge in [-0.2, -0.15) is 0 Å². The minimum Gasteiger partial charge on any atom is -0.307 e. The SMILES string of the molecule is O=C(c1ccc(F)c(F)c1)C1CCCCN1. The highest BCUT2D eigenvalue weighted by Gasteiger charge is 2.22. The molecule has 0 amide bonds.